The first-order chi connectivity index (χ1) is 13.0. The molecule has 0 bridgehead atoms. The second-order valence-electron chi connectivity index (χ2n) is 7.13. The van der Waals surface area contributed by atoms with Crippen LogP contribution in [0.15, 0.2) is 45.6 Å². The van der Waals surface area contributed by atoms with E-state index in [1.165, 1.54) is 0 Å². The fraction of sp³-hybridized carbons (Fsp3) is 0.318. The second-order valence-corrected chi connectivity index (χ2v) is 7.13. The lowest BCUT2D eigenvalue weighted by atomic mass is 10.0. The maximum atomic E-state index is 12.1. The Balaban J connectivity index is 1.59. The van der Waals surface area contributed by atoms with Crippen molar-refractivity contribution < 1.29 is 13.9 Å². The summed E-state index contributed by atoms with van der Waals surface area (Å²) in [5.41, 5.74) is 4.63. The molecule has 5 nitrogen and oxygen atoms in total. The van der Waals surface area contributed by atoms with Gasteiger partial charge in [-0.05, 0) is 55.3 Å². The van der Waals surface area contributed by atoms with Crippen LogP contribution < -0.4 is 15.1 Å². The Morgan fingerprint density at radius 2 is 1.74 bits per heavy atom. The van der Waals surface area contributed by atoms with E-state index in [1.807, 2.05) is 39.1 Å². The lowest BCUT2D eigenvalue weighted by molar-refractivity contribution is 0.171. The highest BCUT2D eigenvalue weighted by Crippen LogP contribution is 2.31. The van der Waals surface area contributed by atoms with Gasteiger partial charge in [-0.1, -0.05) is 18.2 Å². The molecule has 2 aromatic carbocycles. The van der Waals surface area contributed by atoms with E-state index in [9.17, 15) is 4.79 Å². The quantitative estimate of drug-likeness (QED) is 0.658. The van der Waals surface area contributed by atoms with E-state index in [0.29, 0.717) is 25.3 Å². The third-order valence-electron chi connectivity index (χ3n) is 5.02. The molecule has 1 aromatic heterocycles. The number of ether oxygens (including phenoxy) is 2. The summed E-state index contributed by atoms with van der Waals surface area (Å²) in [5.74, 6) is 1.59. The fourth-order valence-electron chi connectivity index (χ4n) is 3.50. The van der Waals surface area contributed by atoms with E-state index in [-0.39, 0.29) is 5.63 Å². The Labute approximate surface area is 158 Å². The third kappa shape index (κ3) is 3.55. The van der Waals surface area contributed by atoms with Crippen molar-refractivity contribution in [1.29, 1.82) is 0 Å². The zero-order chi connectivity index (χ0) is 19.0. The molecular weight excluding hydrogens is 342 g/mol. The van der Waals surface area contributed by atoms with Crippen LogP contribution >= 0.6 is 0 Å². The van der Waals surface area contributed by atoms with Gasteiger partial charge in [-0.15, -0.1) is 0 Å². The molecule has 0 amide bonds. The second kappa shape index (κ2) is 7.08. The van der Waals surface area contributed by atoms with E-state index in [4.69, 9.17) is 13.9 Å². The van der Waals surface area contributed by atoms with Crippen LogP contribution in [-0.4, -0.2) is 25.2 Å². The molecule has 2 heterocycles. The molecule has 0 atom stereocenters. The summed E-state index contributed by atoms with van der Waals surface area (Å²) in [4.78, 5) is 14.2. The number of nitrogens with zero attached hydrogens (tertiary/aromatic N) is 1. The molecule has 0 saturated heterocycles. The van der Waals surface area contributed by atoms with E-state index in [1.54, 1.807) is 6.07 Å². The Morgan fingerprint density at radius 3 is 2.56 bits per heavy atom. The van der Waals surface area contributed by atoms with Crippen molar-refractivity contribution in [3.05, 3.63) is 69.1 Å². The number of hydrogen-bond donors (Lipinski definition) is 0. The number of aryl methyl sites for hydroxylation is 2. The minimum atomic E-state index is -0.307. The molecule has 0 fully saturated rings. The number of rotatable bonds is 4. The summed E-state index contributed by atoms with van der Waals surface area (Å²) in [7, 11) is 2.04. The van der Waals surface area contributed by atoms with Gasteiger partial charge in [0.2, 0.25) is 0 Å². The molecule has 3 aromatic rings. The van der Waals surface area contributed by atoms with Crippen molar-refractivity contribution in [3.63, 3.8) is 0 Å². The lowest BCUT2D eigenvalue weighted by Crippen LogP contribution is -2.19. The molecule has 0 unspecified atom stereocenters. The molecule has 0 spiro atoms. The summed E-state index contributed by atoms with van der Waals surface area (Å²) >= 11 is 0. The Bertz CT molecular complexity index is 1050. The summed E-state index contributed by atoms with van der Waals surface area (Å²) in [6, 6.07) is 11.7. The van der Waals surface area contributed by atoms with E-state index >= 15 is 0 Å². The molecule has 1 aliphatic heterocycles. The average molecular weight is 365 g/mol. The zero-order valence-corrected chi connectivity index (χ0v) is 15.9. The van der Waals surface area contributed by atoms with Crippen molar-refractivity contribution in [2.45, 2.75) is 26.9 Å². The van der Waals surface area contributed by atoms with Crippen molar-refractivity contribution in [1.82, 2.24) is 4.90 Å². The van der Waals surface area contributed by atoms with Crippen LogP contribution in [-0.2, 0) is 13.1 Å². The Hall–Kier alpha value is -2.79. The first-order valence-corrected chi connectivity index (χ1v) is 9.11. The molecule has 4 rings (SSSR count). The predicted molar refractivity (Wildman–Crippen MR) is 105 cm³/mol. The van der Waals surface area contributed by atoms with Crippen molar-refractivity contribution >= 4 is 11.0 Å². The van der Waals surface area contributed by atoms with Gasteiger partial charge in [-0.25, -0.2) is 4.79 Å². The van der Waals surface area contributed by atoms with Crippen molar-refractivity contribution in [3.8, 4) is 11.5 Å². The first kappa shape index (κ1) is 17.6. The summed E-state index contributed by atoms with van der Waals surface area (Å²) < 4.78 is 16.7. The minimum Gasteiger partial charge on any atom is -0.486 e. The third-order valence-corrected chi connectivity index (χ3v) is 5.02. The highest BCUT2D eigenvalue weighted by molar-refractivity contribution is 5.83. The molecule has 27 heavy (non-hydrogen) atoms. The maximum Gasteiger partial charge on any atom is 0.336 e. The topological polar surface area (TPSA) is 51.9 Å². The highest BCUT2D eigenvalue weighted by atomic mass is 16.6. The summed E-state index contributed by atoms with van der Waals surface area (Å²) in [5, 5.41) is 0.992. The van der Waals surface area contributed by atoms with Gasteiger partial charge in [0.1, 0.15) is 18.8 Å². The SMILES string of the molecule is Cc1ccc2c(CN(C)Cc3ccc4c(c3)OCCO4)cc(=O)oc2c1C. The van der Waals surface area contributed by atoms with Crippen LogP contribution in [0.5, 0.6) is 11.5 Å². The zero-order valence-electron chi connectivity index (χ0n) is 15.9. The van der Waals surface area contributed by atoms with Gasteiger partial charge < -0.3 is 13.9 Å². The molecule has 0 saturated carbocycles. The first-order valence-electron chi connectivity index (χ1n) is 9.11. The van der Waals surface area contributed by atoms with Crippen molar-refractivity contribution in [2.75, 3.05) is 20.3 Å². The van der Waals surface area contributed by atoms with Crippen LogP contribution in [0.2, 0.25) is 0 Å². The molecule has 1 aliphatic rings. The Kier molecular flexibility index (Phi) is 4.62. The smallest absolute Gasteiger partial charge is 0.336 e. The molecule has 0 radical (unpaired) electrons. The molecule has 140 valence electrons. The molecule has 5 heteroatoms. The minimum absolute atomic E-state index is 0.307. The van der Waals surface area contributed by atoms with Gasteiger partial charge in [0.25, 0.3) is 0 Å². The van der Waals surface area contributed by atoms with Gasteiger partial charge in [0.05, 0.1) is 0 Å². The van der Waals surface area contributed by atoms with E-state index in [2.05, 4.69) is 17.0 Å². The maximum absolute atomic E-state index is 12.1. The highest BCUT2D eigenvalue weighted by Gasteiger charge is 2.14. The molecule has 0 aliphatic carbocycles. The standard InChI is InChI=1S/C22H23NO4/c1-14-4-6-18-17(11-21(24)27-22(18)15(14)2)13-23(3)12-16-5-7-19-20(10-16)26-9-8-25-19/h4-7,10-11H,8-9,12-13H2,1-3H3. The van der Waals surface area contributed by atoms with Gasteiger partial charge in [-0.2, -0.15) is 0 Å². The number of fused-ring (bicyclic) bond motifs is 2. The summed E-state index contributed by atoms with van der Waals surface area (Å²) in [6.45, 7) is 6.58. The van der Waals surface area contributed by atoms with E-state index < -0.39 is 0 Å². The van der Waals surface area contributed by atoms with E-state index in [0.717, 1.165) is 45.7 Å². The van der Waals surface area contributed by atoms with Crippen molar-refractivity contribution in [2.24, 2.45) is 0 Å². The van der Waals surface area contributed by atoms with Crippen LogP contribution in [0, 0.1) is 13.8 Å². The van der Waals surface area contributed by atoms with Crippen LogP contribution in [0.3, 0.4) is 0 Å². The number of hydrogen-bond acceptors (Lipinski definition) is 5. The normalized spacial score (nSPS) is 13.3. The average Bonchev–Trinajstić information content (AvgIpc) is 2.65. The van der Waals surface area contributed by atoms with Gasteiger partial charge >= 0.3 is 5.63 Å². The van der Waals surface area contributed by atoms with Crippen LogP contribution in [0.25, 0.3) is 11.0 Å². The predicted octanol–water partition coefficient (Wildman–Crippen LogP) is 3.81. The van der Waals surface area contributed by atoms with Gasteiger partial charge in [-0.3, -0.25) is 4.90 Å². The Morgan fingerprint density at radius 1 is 0.963 bits per heavy atom. The lowest BCUT2D eigenvalue weighted by Gasteiger charge is -2.21. The number of benzene rings is 2. The summed E-state index contributed by atoms with van der Waals surface area (Å²) in [6.07, 6.45) is 0. The molecular formula is C22H23NO4. The van der Waals surface area contributed by atoms with Gasteiger partial charge in [0, 0.05) is 24.5 Å². The van der Waals surface area contributed by atoms with Gasteiger partial charge in [0.15, 0.2) is 11.5 Å². The fourth-order valence-corrected chi connectivity index (χ4v) is 3.50. The van der Waals surface area contributed by atoms with Crippen LogP contribution in [0.4, 0.5) is 0 Å². The largest absolute Gasteiger partial charge is 0.486 e. The molecule has 0 N–H and O–H groups in total. The van der Waals surface area contributed by atoms with Crippen LogP contribution in [0.1, 0.15) is 22.3 Å². The monoisotopic (exact) mass is 365 g/mol.